The molecule has 6 nitrogen and oxygen atoms in total. The van der Waals surface area contributed by atoms with Crippen molar-refractivity contribution < 1.29 is 17.9 Å². The van der Waals surface area contributed by atoms with E-state index in [4.69, 9.17) is 9.47 Å². The normalized spacial score (nSPS) is 11.1. The molecule has 0 amide bonds. The van der Waals surface area contributed by atoms with Crippen molar-refractivity contribution in [1.82, 2.24) is 9.71 Å². The Morgan fingerprint density at radius 3 is 2.57 bits per heavy atom. The van der Waals surface area contributed by atoms with Gasteiger partial charge in [0.1, 0.15) is 11.5 Å². The first kappa shape index (κ1) is 15.3. The van der Waals surface area contributed by atoms with Crippen molar-refractivity contribution in [1.29, 1.82) is 0 Å². The van der Waals surface area contributed by atoms with Crippen molar-refractivity contribution in [2.24, 2.45) is 0 Å². The molecule has 0 aliphatic rings. The smallest absolute Gasteiger partial charge is 0.258 e. The van der Waals surface area contributed by atoms with Crippen molar-refractivity contribution in [2.75, 3.05) is 14.2 Å². The maximum atomic E-state index is 12.1. The highest BCUT2D eigenvalue weighted by atomic mass is 32.2. The zero-order valence-corrected chi connectivity index (χ0v) is 12.6. The molecule has 0 saturated heterocycles. The number of methoxy groups -OCH3 is 2. The molecular weight excluding hydrogens is 292 g/mol. The maximum absolute atomic E-state index is 12.1. The summed E-state index contributed by atoms with van der Waals surface area (Å²) in [6.07, 6.45) is 1.43. The second-order valence-electron chi connectivity index (χ2n) is 4.17. The van der Waals surface area contributed by atoms with E-state index < -0.39 is 10.0 Å². The van der Waals surface area contributed by atoms with E-state index in [2.05, 4.69) is 9.71 Å². The Labute approximate surface area is 123 Å². The highest BCUT2D eigenvalue weighted by molar-refractivity contribution is 7.89. The standard InChI is InChI=1S/C14H16N2O4S/c1-19-12-7-6-11(13(9-12)20-2)10-16-21(17,18)14-5-3-4-8-15-14/h3-9,16H,10H2,1-2H3. The van der Waals surface area contributed by atoms with Gasteiger partial charge in [0, 0.05) is 24.4 Å². The number of sulfonamides is 1. The lowest BCUT2D eigenvalue weighted by atomic mass is 10.2. The monoisotopic (exact) mass is 308 g/mol. The van der Waals surface area contributed by atoms with Crippen LogP contribution in [0.4, 0.5) is 0 Å². The third-order valence-electron chi connectivity index (χ3n) is 2.86. The highest BCUT2D eigenvalue weighted by Gasteiger charge is 2.15. The van der Waals surface area contributed by atoms with Crippen LogP contribution in [0.3, 0.4) is 0 Å². The molecule has 0 aliphatic heterocycles. The first-order chi connectivity index (χ1) is 10.1. The van der Waals surface area contributed by atoms with E-state index in [9.17, 15) is 8.42 Å². The van der Waals surface area contributed by atoms with Crippen molar-refractivity contribution in [2.45, 2.75) is 11.6 Å². The van der Waals surface area contributed by atoms with Crippen molar-refractivity contribution >= 4 is 10.0 Å². The van der Waals surface area contributed by atoms with Crippen LogP contribution < -0.4 is 14.2 Å². The number of nitrogens with one attached hydrogen (secondary N) is 1. The van der Waals surface area contributed by atoms with E-state index in [0.717, 1.165) is 0 Å². The van der Waals surface area contributed by atoms with Gasteiger partial charge >= 0.3 is 0 Å². The summed E-state index contributed by atoms with van der Waals surface area (Å²) in [5.74, 6) is 1.20. The van der Waals surface area contributed by atoms with Gasteiger partial charge in [-0.2, -0.15) is 0 Å². The third kappa shape index (κ3) is 3.71. The number of aromatic nitrogens is 1. The van der Waals surface area contributed by atoms with Crippen LogP contribution in [0.1, 0.15) is 5.56 Å². The van der Waals surface area contributed by atoms with E-state index in [0.29, 0.717) is 17.1 Å². The lowest BCUT2D eigenvalue weighted by Crippen LogP contribution is -2.24. The Morgan fingerprint density at radius 2 is 1.95 bits per heavy atom. The van der Waals surface area contributed by atoms with Gasteiger partial charge in [-0.05, 0) is 18.2 Å². The minimum absolute atomic E-state index is 0.0162. The van der Waals surface area contributed by atoms with Crippen molar-refractivity contribution in [3.63, 3.8) is 0 Å². The van der Waals surface area contributed by atoms with Gasteiger partial charge in [0.05, 0.1) is 14.2 Å². The number of benzene rings is 1. The molecule has 0 spiro atoms. The average Bonchev–Trinajstić information content (AvgIpc) is 2.53. The summed E-state index contributed by atoms with van der Waals surface area (Å²) in [5, 5.41) is -0.0162. The summed E-state index contributed by atoms with van der Waals surface area (Å²) in [6, 6.07) is 9.91. The summed E-state index contributed by atoms with van der Waals surface area (Å²) < 4.78 is 37.0. The quantitative estimate of drug-likeness (QED) is 0.876. The number of hydrogen-bond acceptors (Lipinski definition) is 5. The zero-order chi connectivity index (χ0) is 15.3. The SMILES string of the molecule is COc1ccc(CNS(=O)(=O)c2ccccn2)c(OC)c1. The Balaban J connectivity index is 2.16. The molecule has 0 aliphatic carbocycles. The zero-order valence-electron chi connectivity index (χ0n) is 11.7. The highest BCUT2D eigenvalue weighted by Crippen LogP contribution is 2.24. The van der Waals surface area contributed by atoms with Crippen LogP contribution in [0.5, 0.6) is 11.5 Å². The van der Waals surface area contributed by atoms with Gasteiger partial charge in [0.25, 0.3) is 10.0 Å². The third-order valence-corrected chi connectivity index (χ3v) is 4.18. The summed E-state index contributed by atoms with van der Waals surface area (Å²) >= 11 is 0. The summed E-state index contributed by atoms with van der Waals surface area (Å²) in [7, 11) is -0.574. The molecule has 0 bridgehead atoms. The van der Waals surface area contributed by atoms with Crippen molar-refractivity contribution in [3.8, 4) is 11.5 Å². The lowest BCUT2D eigenvalue weighted by molar-refractivity contribution is 0.390. The lowest BCUT2D eigenvalue weighted by Gasteiger charge is -2.11. The van der Waals surface area contributed by atoms with Crippen LogP contribution in [0.25, 0.3) is 0 Å². The molecule has 0 unspecified atom stereocenters. The second-order valence-corrected chi connectivity index (χ2v) is 5.88. The first-order valence-electron chi connectivity index (χ1n) is 6.18. The molecule has 21 heavy (non-hydrogen) atoms. The van der Waals surface area contributed by atoms with E-state index >= 15 is 0 Å². The van der Waals surface area contributed by atoms with Crippen molar-refractivity contribution in [3.05, 3.63) is 48.2 Å². The number of ether oxygens (including phenoxy) is 2. The summed E-state index contributed by atoms with van der Waals surface area (Å²) in [6.45, 7) is 0.103. The predicted octanol–water partition coefficient (Wildman–Crippen LogP) is 1.58. The van der Waals surface area contributed by atoms with E-state index in [1.54, 1.807) is 37.4 Å². The molecule has 0 saturated carbocycles. The summed E-state index contributed by atoms with van der Waals surface area (Å²) in [5.41, 5.74) is 0.706. The fourth-order valence-corrected chi connectivity index (χ4v) is 2.70. The van der Waals surface area contributed by atoms with E-state index in [1.807, 2.05) is 0 Å². The first-order valence-corrected chi connectivity index (χ1v) is 7.67. The van der Waals surface area contributed by atoms with E-state index in [1.165, 1.54) is 19.4 Å². The fourth-order valence-electron chi connectivity index (χ4n) is 1.75. The molecule has 0 atom stereocenters. The average molecular weight is 308 g/mol. The molecule has 1 N–H and O–H groups in total. The maximum Gasteiger partial charge on any atom is 0.258 e. The summed E-state index contributed by atoms with van der Waals surface area (Å²) in [4.78, 5) is 3.83. The molecule has 112 valence electrons. The van der Waals surface area contributed by atoms with Crippen LogP contribution in [0.2, 0.25) is 0 Å². The molecule has 1 aromatic carbocycles. The molecule has 0 fully saturated rings. The van der Waals surface area contributed by atoms with Gasteiger partial charge in [0.15, 0.2) is 5.03 Å². The molecule has 2 aromatic rings. The molecule has 1 heterocycles. The van der Waals surface area contributed by atoms with Crippen LogP contribution in [-0.2, 0) is 16.6 Å². The topological polar surface area (TPSA) is 77.5 Å². The minimum atomic E-state index is -3.65. The van der Waals surface area contributed by atoms with Crippen LogP contribution in [0, 0.1) is 0 Å². The largest absolute Gasteiger partial charge is 0.497 e. The van der Waals surface area contributed by atoms with Gasteiger partial charge in [0.2, 0.25) is 0 Å². The molecule has 7 heteroatoms. The Kier molecular flexibility index (Phi) is 4.77. The van der Waals surface area contributed by atoms with Gasteiger partial charge in [-0.25, -0.2) is 18.1 Å². The Hall–Kier alpha value is -2.12. The number of hydrogen-bond donors (Lipinski definition) is 1. The number of pyridine rings is 1. The van der Waals surface area contributed by atoms with Gasteiger partial charge in [-0.3, -0.25) is 0 Å². The minimum Gasteiger partial charge on any atom is -0.497 e. The van der Waals surface area contributed by atoms with Crippen LogP contribution in [-0.4, -0.2) is 27.6 Å². The van der Waals surface area contributed by atoms with Gasteiger partial charge in [-0.15, -0.1) is 0 Å². The Bertz CT molecular complexity index is 702. The second kappa shape index (κ2) is 6.55. The molecule has 2 rings (SSSR count). The number of rotatable bonds is 6. The molecule has 0 radical (unpaired) electrons. The van der Waals surface area contributed by atoms with Gasteiger partial charge in [-0.1, -0.05) is 12.1 Å². The van der Waals surface area contributed by atoms with Crippen LogP contribution >= 0.6 is 0 Å². The predicted molar refractivity (Wildman–Crippen MR) is 77.8 cm³/mol. The Morgan fingerprint density at radius 1 is 1.14 bits per heavy atom. The van der Waals surface area contributed by atoms with Gasteiger partial charge < -0.3 is 9.47 Å². The van der Waals surface area contributed by atoms with E-state index in [-0.39, 0.29) is 11.6 Å². The number of nitrogens with zero attached hydrogens (tertiary/aromatic N) is 1. The molecule has 1 aromatic heterocycles. The molecular formula is C14H16N2O4S. The van der Waals surface area contributed by atoms with Crippen LogP contribution in [0.15, 0.2) is 47.6 Å². The fraction of sp³-hybridized carbons (Fsp3) is 0.214.